The van der Waals surface area contributed by atoms with Crippen LogP contribution >= 0.6 is 15.9 Å². The van der Waals surface area contributed by atoms with Crippen LogP contribution in [0, 0.1) is 0 Å². The number of benzene rings is 2. The molecule has 0 radical (unpaired) electrons. The van der Waals surface area contributed by atoms with Crippen molar-refractivity contribution in [2.45, 2.75) is 19.6 Å². The summed E-state index contributed by atoms with van der Waals surface area (Å²) < 4.78 is 12.1. The lowest BCUT2D eigenvalue weighted by molar-refractivity contribution is 0.198. The Hall–Kier alpha value is -1.52. The maximum Gasteiger partial charge on any atom is 0.161 e. The molecule has 0 heterocycles. The van der Waals surface area contributed by atoms with Crippen LogP contribution in [0.5, 0.6) is 11.5 Å². The summed E-state index contributed by atoms with van der Waals surface area (Å²) in [5, 5.41) is 9.57. The lowest BCUT2D eigenvalue weighted by Crippen LogP contribution is -1.99. The fourth-order valence-electron chi connectivity index (χ4n) is 1.80. The minimum absolute atomic E-state index is 0.470. The van der Waals surface area contributed by atoms with Crippen molar-refractivity contribution in [3.05, 3.63) is 58.1 Å². The van der Waals surface area contributed by atoms with E-state index in [0.29, 0.717) is 18.1 Å². The topological polar surface area (TPSA) is 38.7 Å². The van der Waals surface area contributed by atoms with E-state index < -0.39 is 6.10 Å². The molecule has 2 aromatic rings. The summed E-state index contributed by atoms with van der Waals surface area (Å²) >= 11 is 3.40. The third-order valence-corrected chi connectivity index (χ3v) is 3.51. The molecule has 0 spiro atoms. The lowest BCUT2D eigenvalue weighted by atomic mass is 10.1. The quantitative estimate of drug-likeness (QED) is 0.893. The largest absolute Gasteiger partial charge is 0.493 e. The fourth-order valence-corrected chi connectivity index (χ4v) is 2.07. The van der Waals surface area contributed by atoms with Gasteiger partial charge in [0.15, 0.2) is 11.5 Å². The molecule has 0 bridgehead atoms. The van der Waals surface area contributed by atoms with E-state index in [-0.39, 0.29) is 0 Å². The number of ether oxygens (including phenoxy) is 2. The van der Waals surface area contributed by atoms with E-state index in [1.165, 1.54) is 0 Å². The van der Waals surface area contributed by atoms with E-state index in [2.05, 4.69) is 15.9 Å². The molecule has 0 fully saturated rings. The van der Waals surface area contributed by atoms with Crippen molar-refractivity contribution in [3.63, 3.8) is 0 Å². The number of halogens is 1. The highest BCUT2D eigenvalue weighted by molar-refractivity contribution is 9.10. The van der Waals surface area contributed by atoms with Crippen molar-refractivity contribution in [3.8, 4) is 11.5 Å². The molecule has 4 heteroatoms. The third-order valence-electron chi connectivity index (χ3n) is 2.98. The molecule has 0 unspecified atom stereocenters. The van der Waals surface area contributed by atoms with Crippen LogP contribution in [-0.2, 0) is 6.61 Å². The molecule has 0 aliphatic carbocycles. The van der Waals surface area contributed by atoms with Gasteiger partial charge in [-0.2, -0.15) is 0 Å². The van der Waals surface area contributed by atoms with Crippen molar-refractivity contribution in [2.24, 2.45) is 0 Å². The molecule has 0 aliphatic rings. The molecule has 0 amide bonds. The minimum atomic E-state index is -0.524. The summed E-state index contributed by atoms with van der Waals surface area (Å²) in [6, 6.07) is 13.4. The SMILES string of the molecule is COc1cc([C@@H](C)O)ccc1OCc1ccc(Br)cc1. The lowest BCUT2D eigenvalue weighted by Gasteiger charge is -2.13. The number of aliphatic hydroxyl groups is 1. The van der Waals surface area contributed by atoms with E-state index in [9.17, 15) is 5.11 Å². The Morgan fingerprint density at radius 2 is 1.80 bits per heavy atom. The first kappa shape index (κ1) is 14.9. The van der Waals surface area contributed by atoms with Crippen LogP contribution in [0.15, 0.2) is 46.9 Å². The maximum atomic E-state index is 9.57. The minimum Gasteiger partial charge on any atom is -0.493 e. The summed E-state index contributed by atoms with van der Waals surface area (Å²) in [6.07, 6.45) is -0.524. The van der Waals surface area contributed by atoms with Crippen molar-refractivity contribution in [2.75, 3.05) is 7.11 Å². The monoisotopic (exact) mass is 336 g/mol. The molecule has 20 heavy (non-hydrogen) atoms. The van der Waals surface area contributed by atoms with Crippen LogP contribution in [0.3, 0.4) is 0 Å². The fraction of sp³-hybridized carbons (Fsp3) is 0.250. The van der Waals surface area contributed by atoms with E-state index in [1.807, 2.05) is 36.4 Å². The number of methoxy groups -OCH3 is 1. The summed E-state index contributed by atoms with van der Waals surface area (Å²) in [7, 11) is 1.59. The summed E-state index contributed by atoms with van der Waals surface area (Å²) in [4.78, 5) is 0. The zero-order chi connectivity index (χ0) is 14.5. The highest BCUT2D eigenvalue weighted by Gasteiger charge is 2.09. The van der Waals surface area contributed by atoms with Crippen LogP contribution in [0.1, 0.15) is 24.2 Å². The summed E-state index contributed by atoms with van der Waals surface area (Å²) in [5.74, 6) is 1.29. The molecule has 0 aromatic heterocycles. The van der Waals surface area contributed by atoms with Crippen molar-refractivity contribution in [1.29, 1.82) is 0 Å². The zero-order valence-corrected chi connectivity index (χ0v) is 13.1. The highest BCUT2D eigenvalue weighted by Crippen LogP contribution is 2.30. The first-order valence-electron chi connectivity index (χ1n) is 6.33. The molecule has 0 saturated carbocycles. The second kappa shape index (κ2) is 6.77. The molecule has 106 valence electrons. The van der Waals surface area contributed by atoms with Crippen LogP contribution < -0.4 is 9.47 Å². The molecule has 0 aliphatic heterocycles. The van der Waals surface area contributed by atoms with Crippen LogP contribution in [0.2, 0.25) is 0 Å². The molecular formula is C16H17BrO3. The van der Waals surface area contributed by atoms with Crippen molar-refractivity contribution < 1.29 is 14.6 Å². The van der Waals surface area contributed by atoms with Gasteiger partial charge >= 0.3 is 0 Å². The van der Waals surface area contributed by atoms with Crippen LogP contribution in [0.25, 0.3) is 0 Å². The summed E-state index contributed by atoms with van der Waals surface area (Å²) in [5.41, 5.74) is 1.88. The molecule has 1 atom stereocenters. The predicted molar refractivity (Wildman–Crippen MR) is 82.1 cm³/mol. The highest BCUT2D eigenvalue weighted by atomic mass is 79.9. The molecular weight excluding hydrogens is 320 g/mol. The predicted octanol–water partition coefficient (Wildman–Crippen LogP) is 4.09. The number of rotatable bonds is 5. The van der Waals surface area contributed by atoms with Gasteiger partial charge in [0.1, 0.15) is 6.61 Å². The second-order valence-electron chi connectivity index (χ2n) is 4.50. The van der Waals surface area contributed by atoms with Gasteiger partial charge in [0.25, 0.3) is 0 Å². The first-order chi connectivity index (χ1) is 9.60. The van der Waals surface area contributed by atoms with Gasteiger partial charge in [-0.25, -0.2) is 0 Å². The van der Waals surface area contributed by atoms with Crippen molar-refractivity contribution in [1.82, 2.24) is 0 Å². The van der Waals surface area contributed by atoms with Crippen LogP contribution in [0.4, 0.5) is 0 Å². The number of hydrogen-bond donors (Lipinski definition) is 1. The average molecular weight is 337 g/mol. The molecule has 0 saturated heterocycles. The van der Waals surface area contributed by atoms with E-state index >= 15 is 0 Å². The smallest absolute Gasteiger partial charge is 0.161 e. The molecule has 2 aromatic carbocycles. The van der Waals surface area contributed by atoms with E-state index in [1.54, 1.807) is 20.1 Å². The number of hydrogen-bond acceptors (Lipinski definition) is 3. The Morgan fingerprint density at radius 1 is 1.10 bits per heavy atom. The first-order valence-corrected chi connectivity index (χ1v) is 7.12. The molecule has 3 nitrogen and oxygen atoms in total. The van der Waals surface area contributed by atoms with E-state index in [0.717, 1.165) is 15.6 Å². The van der Waals surface area contributed by atoms with Gasteiger partial charge in [-0.3, -0.25) is 0 Å². The van der Waals surface area contributed by atoms with Gasteiger partial charge in [0.05, 0.1) is 13.2 Å². The Labute approximate surface area is 127 Å². The Kier molecular flexibility index (Phi) is 5.04. The normalized spacial score (nSPS) is 12.0. The Morgan fingerprint density at radius 3 is 2.40 bits per heavy atom. The van der Waals surface area contributed by atoms with Crippen molar-refractivity contribution >= 4 is 15.9 Å². The van der Waals surface area contributed by atoms with Gasteiger partial charge in [0, 0.05) is 4.47 Å². The standard InChI is InChI=1S/C16H17BrO3/c1-11(18)13-5-8-15(16(9-13)19-2)20-10-12-3-6-14(17)7-4-12/h3-9,11,18H,10H2,1-2H3/t11-/m1/s1. The van der Waals surface area contributed by atoms with Gasteiger partial charge in [-0.05, 0) is 42.3 Å². The van der Waals surface area contributed by atoms with E-state index in [4.69, 9.17) is 9.47 Å². The third kappa shape index (κ3) is 3.74. The zero-order valence-electron chi connectivity index (χ0n) is 11.5. The van der Waals surface area contributed by atoms with Gasteiger partial charge in [-0.1, -0.05) is 34.1 Å². The van der Waals surface area contributed by atoms with Gasteiger partial charge in [-0.15, -0.1) is 0 Å². The van der Waals surface area contributed by atoms with Gasteiger partial charge in [0.2, 0.25) is 0 Å². The second-order valence-corrected chi connectivity index (χ2v) is 5.42. The maximum absolute atomic E-state index is 9.57. The summed E-state index contributed by atoms with van der Waals surface area (Å²) in [6.45, 7) is 2.19. The Bertz CT molecular complexity index is 564. The molecule has 1 N–H and O–H groups in total. The average Bonchev–Trinajstić information content (AvgIpc) is 2.46. The van der Waals surface area contributed by atoms with Gasteiger partial charge < -0.3 is 14.6 Å². The van der Waals surface area contributed by atoms with Crippen LogP contribution in [-0.4, -0.2) is 12.2 Å². The molecule has 2 rings (SSSR count). The number of aliphatic hydroxyl groups excluding tert-OH is 1. The Balaban J connectivity index is 2.10.